The van der Waals surface area contributed by atoms with Gasteiger partial charge in [-0.15, -0.1) is 0 Å². The maximum Gasteiger partial charge on any atom is 0.374 e. The first-order valence-corrected chi connectivity index (χ1v) is 7.66. The molecule has 3 aromatic rings. The predicted octanol–water partition coefficient (Wildman–Crippen LogP) is 4.71. The van der Waals surface area contributed by atoms with E-state index in [1.54, 1.807) is 6.92 Å². The molecule has 1 aromatic heterocycles. The normalized spacial score (nSPS) is 10.5. The SMILES string of the molecule is CCOC(=O)c1occc1-c1ccccc1Cc1ccccc1. The van der Waals surface area contributed by atoms with Crippen molar-refractivity contribution < 1.29 is 13.9 Å². The van der Waals surface area contributed by atoms with Crippen LogP contribution >= 0.6 is 0 Å². The Balaban J connectivity index is 1.98. The standard InChI is InChI=1S/C20H18O3/c1-2-22-20(21)19-18(12-13-23-19)17-11-7-6-10-16(17)14-15-8-4-3-5-9-15/h3-13H,2,14H2,1H3. The molecule has 0 aliphatic rings. The third-order valence-corrected chi connectivity index (χ3v) is 3.67. The summed E-state index contributed by atoms with van der Waals surface area (Å²) in [5, 5.41) is 0. The van der Waals surface area contributed by atoms with E-state index in [1.165, 1.54) is 11.8 Å². The Labute approximate surface area is 135 Å². The van der Waals surface area contributed by atoms with E-state index < -0.39 is 5.97 Å². The number of carbonyl (C=O) groups excluding carboxylic acids is 1. The third kappa shape index (κ3) is 3.34. The highest BCUT2D eigenvalue weighted by molar-refractivity contribution is 5.95. The second-order valence-electron chi connectivity index (χ2n) is 5.20. The van der Waals surface area contributed by atoms with E-state index in [0.717, 1.165) is 23.1 Å². The molecule has 3 rings (SSSR count). The number of esters is 1. The van der Waals surface area contributed by atoms with Gasteiger partial charge in [-0.2, -0.15) is 0 Å². The fraction of sp³-hybridized carbons (Fsp3) is 0.150. The lowest BCUT2D eigenvalue weighted by Gasteiger charge is -2.10. The fourth-order valence-electron chi connectivity index (χ4n) is 2.63. The van der Waals surface area contributed by atoms with Crippen molar-refractivity contribution in [1.29, 1.82) is 0 Å². The summed E-state index contributed by atoms with van der Waals surface area (Å²) in [7, 11) is 0. The summed E-state index contributed by atoms with van der Waals surface area (Å²) >= 11 is 0. The van der Waals surface area contributed by atoms with Gasteiger partial charge in [0.05, 0.1) is 12.9 Å². The van der Waals surface area contributed by atoms with E-state index >= 15 is 0 Å². The molecule has 0 unspecified atom stereocenters. The van der Waals surface area contributed by atoms with Crippen molar-refractivity contribution in [2.75, 3.05) is 6.61 Å². The lowest BCUT2D eigenvalue weighted by Crippen LogP contribution is -2.05. The molecule has 0 saturated heterocycles. The van der Waals surface area contributed by atoms with Crippen LogP contribution < -0.4 is 0 Å². The Morgan fingerprint density at radius 1 is 0.957 bits per heavy atom. The van der Waals surface area contributed by atoms with Gasteiger partial charge in [-0.25, -0.2) is 4.79 Å². The van der Waals surface area contributed by atoms with Gasteiger partial charge in [0.2, 0.25) is 5.76 Å². The Morgan fingerprint density at radius 2 is 1.70 bits per heavy atom. The molecule has 0 radical (unpaired) electrons. The predicted molar refractivity (Wildman–Crippen MR) is 89.3 cm³/mol. The van der Waals surface area contributed by atoms with Crippen LogP contribution in [0.3, 0.4) is 0 Å². The highest BCUT2D eigenvalue weighted by atomic mass is 16.5. The zero-order chi connectivity index (χ0) is 16.1. The molecule has 2 aromatic carbocycles. The summed E-state index contributed by atoms with van der Waals surface area (Å²) in [6.45, 7) is 2.11. The number of benzene rings is 2. The van der Waals surface area contributed by atoms with E-state index in [9.17, 15) is 4.79 Å². The molecule has 0 amide bonds. The zero-order valence-electron chi connectivity index (χ0n) is 13.0. The van der Waals surface area contributed by atoms with Crippen molar-refractivity contribution in [2.24, 2.45) is 0 Å². The highest BCUT2D eigenvalue weighted by Crippen LogP contribution is 2.30. The lowest BCUT2D eigenvalue weighted by atomic mass is 9.95. The van der Waals surface area contributed by atoms with Crippen LogP contribution in [0.15, 0.2) is 71.3 Å². The first-order chi connectivity index (χ1) is 11.3. The van der Waals surface area contributed by atoms with Crippen LogP contribution in [-0.2, 0) is 11.2 Å². The van der Waals surface area contributed by atoms with E-state index in [1.807, 2.05) is 42.5 Å². The molecule has 3 heteroatoms. The molecular weight excluding hydrogens is 288 g/mol. The molecule has 116 valence electrons. The largest absolute Gasteiger partial charge is 0.460 e. The molecule has 0 aliphatic carbocycles. The number of hydrogen-bond donors (Lipinski definition) is 0. The molecule has 0 spiro atoms. The lowest BCUT2D eigenvalue weighted by molar-refractivity contribution is 0.0491. The summed E-state index contributed by atoms with van der Waals surface area (Å²) in [6, 6.07) is 20.1. The molecule has 0 saturated carbocycles. The van der Waals surface area contributed by atoms with Gasteiger partial charge in [0.1, 0.15) is 0 Å². The minimum atomic E-state index is -0.429. The summed E-state index contributed by atoms with van der Waals surface area (Å²) in [6.07, 6.45) is 2.32. The first kappa shape index (κ1) is 15.1. The van der Waals surface area contributed by atoms with Gasteiger partial charge in [-0.05, 0) is 36.1 Å². The minimum absolute atomic E-state index is 0.257. The Morgan fingerprint density at radius 3 is 2.48 bits per heavy atom. The Hall–Kier alpha value is -2.81. The molecule has 0 fully saturated rings. The highest BCUT2D eigenvalue weighted by Gasteiger charge is 2.19. The van der Waals surface area contributed by atoms with Gasteiger partial charge in [-0.1, -0.05) is 54.6 Å². The van der Waals surface area contributed by atoms with Crippen LogP contribution in [0.1, 0.15) is 28.6 Å². The van der Waals surface area contributed by atoms with Crippen LogP contribution in [0.4, 0.5) is 0 Å². The molecule has 0 aliphatic heterocycles. The molecular formula is C20H18O3. The second-order valence-corrected chi connectivity index (χ2v) is 5.20. The number of carbonyl (C=O) groups is 1. The molecule has 1 heterocycles. The number of ether oxygens (including phenoxy) is 1. The topological polar surface area (TPSA) is 39.4 Å². The van der Waals surface area contributed by atoms with Crippen molar-refractivity contribution in [2.45, 2.75) is 13.3 Å². The average Bonchev–Trinajstić information content (AvgIpc) is 3.06. The average molecular weight is 306 g/mol. The van der Waals surface area contributed by atoms with Crippen molar-refractivity contribution in [1.82, 2.24) is 0 Å². The van der Waals surface area contributed by atoms with Gasteiger partial charge in [0, 0.05) is 5.56 Å². The third-order valence-electron chi connectivity index (χ3n) is 3.67. The summed E-state index contributed by atoms with van der Waals surface area (Å²) in [5.41, 5.74) is 4.13. The van der Waals surface area contributed by atoms with Gasteiger partial charge >= 0.3 is 5.97 Å². The molecule has 0 bridgehead atoms. The first-order valence-electron chi connectivity index (χ1n) is 7.66. The maximum atomic E-state index is 12.1. The quantitative estimate of drug-likeness (QED) is 0.641. The van der Waals surface area contributed by atoms with Crippen LogP contribution in [0.2, 0.25) is 0 Å². The second kappa shape index (κ2) is 6.97. The van der Waals surface area contributed by atoms with Crippen LogP contribution in [0.25, 0.3) is 11.1 Å². The monoisotopic (exact) mass is 306 g/mol. The van der Waals surface area contributed by atoms with E-state index in [0.29, 0.717) is 6.61 Å². The van der Waals surface area contributed by atoms with Crippen LogP contribution in [0, 0.1) is 0 Å². The number of furan rings is 1. The summed E-state index contributed by atoms with van der Waals surface area (Å²) < 4.78 is 10.4. The molecule has 0 N–H and O–H groups in total. The molecule has 23 heavy (non-hydrogen) atoms. The Bertz CT molecular complexity index is 787. The summed E-state index contributed by atoms with van der Waals surface area (Å²) in [5.74, 6) is -0.172. The van der Waals surface area contributed by atoms with E-state index in [2.05, 4.69) is 18.2 Å². The van der Waals surface area contributed by atoms with Gasteiger partial charge in [0.25, 0.3) is 0 Å². The molecule has 3 nitrogen and oxygen atoms in total. The number of rotatable bonds is 5. The summed E-state index contributed by atoms with van der Waals surface area (Å²) in [4.78, 5) is 12.1. The smallest absolute Gasteiger partial charge is 0.374 e. The molecule has 0 atom stereocenters. The maximum absolute atomic E-state index is 12.1. The van der Waals surface area contributed by atoms with Gasteiger partial charge in [-0.3, -0.25) is 0 Å². The van der Waals surface area contributed by atoms with Gasteiger partial charge < -0.3 is 9.15 Å². The van der Waals surface area contributed by atoms with Crippen LogP contribution in [0.5, 0.6) is 0 Å². The van der Waals surface area contributed by atoms with E-state index in [4.69, 9.17) is 9.15 Å². The van der Waals surface area contributed by atoms with Gasteiger partial charge in [0.15, 0.2) is 0 Å². The van der Waals surface area contributed by atoms with E-state index in [-0.39, 0.29) is 5.76 Å². The van der Waals surface area contributed by atoms with Crippen LogP contribution in [-0.4, -0.2) is 12.6 Å². The number of hydrogen-bond acceptors (Lipinski definition) is 3. The Kier molecular flexibility index (Phi) is 4.57. The zero-order valence-corrected chi connectivity index (χ0v) is 13.0. The minimum Gasteiger partial charge on any atom is -0.460 e. The van der Waals surface area contributed by atoms with Crippen molar-refractivity contribution >= 4 is 5.97 Å². The van der Waals surface area contributed by atoms with Crippen molar-refractivity contribution in [3.8, 4) is 11.1 Å². The fourth-order valence-corrected chi connectivity index (χ4v) is 2.63. The van der Waals surface area contributed by atoms with Crippen molar-refractivity contribution in [3.05, 3.63) is 83.8 Å². The van der Waals surface area contributed by atoms with Crippen molar-refractivity contribution in [3.63, 3.8) is 0 Å².